The van der Waals surface area contributed by atoms with Crippen molar-refractivity contribution in [2.45, 2.75) is 0 Å². The Hall–Kier alpha value is 36.5. The molecule has 0 radical (unpaired) electrons. The van der Waals surface area contributed by atoms with Crippen LogP contribution in [-0.2, 0) is 0 Å². The van der Waals surface area contributed by atoms with Gasteiger partial charge in [-0.15, -0.1) is 0 Å². The summed E-state index contributed by atoms with van der Waals surface area (Å²) >= 11 is 84.9. The summed E-state index contributed by atoms with van der Waals surface area (Å²) in [6.45, 7) is 0. The minimum atomic E-state index is -0.577. The van der Waals surface area contributed by atoms with Crippen LogP contribution in [0, 0.1) is 0 Å². The van der Waals surface area contributed by atoms with E-state index in [1.165, 1.54) is 0 Å². The summed E-state index contributed by atoms with van der Waals surface area (Å²) in [6.07, 6.45) is 0. The monoisotopic (exact) mass is 6350 g/mol. The Kier molecular flexibility index (Phi) is 89.7. The van der Waals surface area contributed by atoms with Crippen molar-refractivity contribution in [3.63, 3.8) is 0 Å². The maximum absolute atomic E-state index is 3.39. The quantitative estimate of drug-likeness (QED) is 0.0895. The van der Waals surface area contributed by atoms with Gasteiger partial charge in [-0.1, -0.05) is 0 Å². The second-order valence-electron chi connectivity index (χ2n) is 3.89. The molecule has 0 atom stereocenters. The Bertz CT molecular complexity index is 812. The first-order valence-corrected chi connectivity index (χ1v) is 315. The fraction of sp³-hybridized carbons (Fsp3) is 0. The molecule has 0 spiro atoms. The summed E-state index contributed by atoms with van der Waals surface area (Å²) in [7, 11) is -12.8. The second kappa shape index (κ2) is 51.9. The first-order valence-electron chi connectivity index (χ1n) is 7.00. The summed E-state index contributed by atoms with van der Waals surface area (Å²) in [6, 6.07) is 0. The van der Waals surface area contributed by atoms with E-state index >= 15 is 0 Å². The van der Waals surface area contributed by atoms with Gasteiger partial charge in [0.05, 0.1) is 0 Å². The number of rotatable bonds is 23. The summed E-state index contributed by atoms with van der Waals surface area (Å²) in [5, 5.41) is 0. The molecule has 0 amide bonds. The molecular weight excluding hydrogens is 6350 g/mol. The number of hydrogen-bond donors (Lipinski definition) is 0. The molecule has 0 saturated carbocycles. The van der Waals surface area contributed by atoms with E-state index in [1.54, 1.807) is 0 Å². The second-order valence-corrected chi connectivity index (χ2v) is 1170. The zero-order valence-corrected chi connectivity index (χ0v) is 127. The van der Waals surface area contributed by atoms with E-state index < -0.39 is 189 Å². The van der Waals surface area contributed by atoms with E-state index in [9.17, 15) is 0 Å². The van der Waals surface area contributed by atoms with Gasteiger partial charge < -0.3 is 0 Å². The average Bonchev–Trinajstić information content (AvgIpc) is 3.10. The Balaban J connectivity index is 5.56. The van der Waals surface area contributed by atoms with Crippen molar-refractivity contribution in [1.82, 2.24) is 0 Å². The molecule has 0 aromatic heterocycles. The van der Waals surface area contributed by atoms with Crippen molar-refractivity contribution in [3.8, 4) is 0 Å². The average molecular weight is 6350 g/mol. The molecule has 0 heterocycles. The molecule has 0 aliphatic carbocycles. The zero-order valence-electron chi connectivity index (χ0n) is 18.9. The predicted molar refractivity (Wildman–Crippen MR) is 701 cm³/mol. The van der Waals surface area contributed by atoms with Crippen LogP contribution >= 0.6 is 673 Å². The van der Waals surface area contributed by atoms with E-state index in [0.717, 1.165) is 0 Å². The van der Waals surface area contributed by atoms with Crippen molar-refractivity contribution in [2.75, 3.05) is 0 Å². The fourth-order valence-electron chi connectivity index (χ4n) is 0.679. The van der Waals surface area contributed by atoms with Crippen LogP contribution in [0.5, 0.6) is 0 Å². The molecule has 0 nitrogen and oxygen atoms in total. The molecule has 0 aliphatic heterocycles. The SMILES string of the molecule is II(I)I(I)I(I)I(I)I(I)I(I)I(I)I(I)I(I)I(I)I(I)I(I)I(I)I(I)I(I)I(I)I(I)I(I)I(I)I(I)I(I)I(I)I(I)I(I)I. The van der Waals surface area contributed by atoms with Crippen molar-refractivity contribution < 1.29 is 0 Å². The number of halogens is 50. The van der Waals surface area contributed by atoms with Gasteiger partial charge in [-0.2, -0.15) is 0 Å². The molecule has 0 saturated heterocycles. The van der Waals surface area contributed by atoms with Crippen molar-refractivity contribution in [2.24, 2.45) is 0 Å². The maximum atomic E-state index is 3.39. The van der Waals surface area contributed by atoms with E-state index in [0.29, 0.717) is 0 Å². The van der Waals surface area contributed by atoms with Gasteiger partial charge in [0.15, 0.2) is 0 Å². The van der Waals surface area contributed by atoms with Crippen LogP contribution in [-0.4, -0.2) is 0 Å². The standard InChI is InChI=1S/I50/c1-27(2)29(5)31(7)33(9)35(11)37(13)39(15)41(17)43(19)45(21)47(23)49(25)50(26)48(24)46(22)44(20)42(18)40(16)38(14)36(12)34(10)32(8)30(6)28(3)4. The van der Waals surface area contributed by atoms with Crippen LogP contribution in [0.15, 0.2) is 0 Å². The van der Waals surface area contributed by atoms with E-state index in [-0.39, 0.29) is 0 Å². The first-order chi connectivity index (χ1) is 22.7. The first kappa shape index (κ1) is 86.5. The van der Waals surface area contributed by atoms with Gasteiger partial charge in [0, 0.05) is 0 Å². The Morgan fingerprint density at radius 3 is 0.220 bits per heavy atom. The molecule has 0 aliphatic rings. The summed E-state index contributed by atoms with van der Waals surface area (Å²) in [5.41, 5.74) is 0. The summed E-state index contributed by atoms with van der Waals surface area (Å²) in [5.74, 6) is 0. The van der Waals surface area contributed by atoms with Gasteiger partial charge in [-0.25, -0.2) is 0 Å². The van der Waals surface area contributed by atoms with E-state index in [4.69, 9.17) is 0 Å². The number of hydrogen-bond acceptors (Lipinski definition) is 0. The molecule has 0 rings (SSSR count). The third-order valence-corrected chi connectivity index (χ3v) is 3800. The van der Waals surface area contributed by atoms with E-state index in [2.05, 4.69) is 484 Å². The molecular formula is I50. The fourth-order valence-corrected chi connectivity index (χ4v) is 9220. The van der Waals surface area contributed by atoms with Gasteiger partial charge in [0.2, 0.25) is 0 Å². The predicted octanol–water partition coefficient (Wildman–Crippen LogP) is 44.3. The molecule has 50 heteroatoms. The zero-order chi connectivity index (χ0) is 39.9. The third-order valence-electron chi connectivity index (χ3n) is 1.88. The van der Waals surface area contributed by atoms with Crippen molar-refractivity contribution in [1.29, 1.82) is 0 Å². The summed E-state index contributed by atoms with van der Waals surface area (Å²) < 4.78 is 0. The van der Waals surface area contributed by atoms with Crippen LogP contribution in [0.25, 0.3) is 0 Å². The molecule has 0 aromatic carbocycles. The minimum absolute atomic E-state index is 0.464. The summed E-state index contributed by atoms with van der Waals surface area (Å²) in [4.78, 5) is 0. The molecule has 0 unspecified atom stereocenters. The van der Waals surface area contributed by atoms with Gasteiger partial charge >= 0.3 is 673 Å². The molecule has 0 N–H and O–H groups in total. The Labute approximate surface area is 633 Å². The van der Waals surface area contributed by atoms with Crippen molar-refractivity contribution >= 4 is 673 Å². The molecule has 50 heavy (non-hydrogen) atoms. The normalized spacial score (nSPS) is 18.8. The molecule has 0 fully saturated rings. The van der Waals surface area contributed by atoms with Gasteiger partial charge in [0.25, 0.3) is 0 Å². The molecule has 0 bridgehead atoms. The molecule has 350 valence electrons. The van der Waals surface area contributed by atoms with Crippen LogP contribution in [0.4, 0.5) is 0 Å². The van der Waals surface area contributed by atoms with Crippen LogP contribution < -0.4 is 0 Å². The van der Waals surface area contributed by atoms with Gasteiger partial charge in [-0.3, -0.25) is 0 Å². The van der Waals surface area contributed by atoms with Crippen LogP contribution in [0.2, 0.25) is 0 Å². The van der Waals surface area contributed by atoms with Crippen LogP contribution in [0.3, 0.4) is 0 Å². The third kappa shape index (κ3) is 35.7. The van der Waals surface area contributed by atoms with Crippen molar-refractivity contribution in [3.05, 3.63) is 0 Å². The van der Waals surface area contributed by atoms with Crippen LogP contribution in [0.1, 0.15) is 0 Å². The van der Waals surface area contributed by atoms with Gasteiger partial charge in [0.1, 0.15) is 0 Å². The Morgan fingerprint density at radius 2 is 0.160 bits per heavy atom. The van der Waals surface area contributed by atoms with Gasteiger partial charge in [-0.05, 0) is 0 Å². The van der Waals surface area contributed by atoms with E-state index in [1.807, 2.05) is 0 Å². The Morgan fingerprint density at radius 1 is 0.100 bits per heavy atom. The topological polar surface area (TPSA) is 0 Å². The molecule has 0 aromatic rings.